The van der Waals surface area contributed by atoms with Gasteiger partial charge in [-0.3, -0.25) is 4.57 Å². The van der Waals surface area contributed by atoms with Crippen LogP contribution in [0, 0.1) is 5.92 Å². The highest BCUT2D eigenvalue weighted by molar-refractivity contribution is 5.67. The highest BCUT2D eigenvalue weighted by Crippen LogP contribution is 2.33. The normalized spacial score (nSPS) is 17.5. The average molecular weight is 233 g/mol. The van der Waals surface area contributed by atoms with E-state index in [0.717, 1.165) is 0 Å². The summed E-state index contributed by atoms with van der Waals surface area (Å²) < 4.78 is 6.78. The van der Waals surface area contributed by atoms with Gasteiger partial charge < -0.3 is 9.73 Å². The fraction of sp³-hybridized carbons (Fsp3) is 0.500. The van der Waals surface area contributed by atoms with Crippen molar-refractivity contribution in [3.8, 4) is 0 Å². The van der Waals surface area contributed by atoms with E-state index in [-0.39, 0.29) is 5.76 Å². The number of rotatable bonds is 4. The number of hydrogen-bond acceptors (Lipinski definition) is 4. The van der Waals surface area contributed by atoms with E-state index in [1.807, 2.05) is 7.05 Å². The van der Waals surface area contributed by atoms with Gasteiger partial charge in [-0.05, 0) is 37.9 Å². The predicted octanol–water partition coefficient (Wildman–Crippen LogP) is 0.987. The molecule has 5 heteroatoms. The zero-order valence-corrected chi connectivity index (χ0v) is 9.72. The van der Waals surface area contributed by atoms with Crippen LogP contribution in [-0.4, -0.2) is 22.6 Å². The molecule has 1 aliphatic carbocycles. The quantitative estimate of drug-likeness (QED) is 0.855. The lowest BCUT2D eigenvalue weighted by atomic mass is 10.2. The van der Waals surface area contributed by atoms with Gasteiger partial charge in [-0.15, -0.1) is 0 Å². The van der Waals surface area contributed by atoms with Gasteiger partial charge in [-0.25, -0.2) is 9.78 Å². The Labute approximate surface area is 98.5 Å². The Morgan fingerprint density at radius 1 is 1.65 bits per heavy atom. The Balaban J connectivity index is 1.98. The minimum atomic E-state index is -0.320. The maximum atomic E-state index is 11.8. The standard InChI is InChI=1S/C12H15N3O2/c1-13-9(8-4-5-8)7-15-11-10(17-12(15)16)3-2-6-14-11/h2-3,6,8-9,13H,4-5,7H2,1H3. The van der Waals surface area contributed by atoms with Crippen molar-refractivity contribution in [2.45, 2.75) is 25.4 Å². The third-order valence-corrected chi connectivity index (χ3v) is 3.37. The van der Waals surface area contributed by atoms with Gasteiger partial charge in [0, 0.05) is 18.8 Å². The second-order valence-electron chi connectivity index (χ2n) is 4.54. The minimum Gasteiger partial charge on any atom is -0.406 e. The first-order valence-corrected chi connectivity index (χ1v) is 5.91. The van der Waals surface area contributed by atoms with Gasteiger partial charge in [0.25, 0.3) is 0 Å². The maximum absolute atomic E-state index is 11.8. The zero-order chi connectivity index (χ0) is 11.8. The lowest BCUT2D eigenvalue weighted by Gasteiger charge is -2.14. The van der Waals surface area contributed by atoms with E-state index >= 15 is 0 Å². The average Bonchev–Trinajstić information content (AvgIpc) is 3.12. The Hall–Kier alpha value is -1.62. The summed E-state index contributed by atoms with van der Waals surface area (Å²) in [6, 6.07) is 3.87. The summed E-state index contributed by atoms with van der Waals surface area (Å²) in [6.07, 6.45) is 4.16. The molecule has 2 aromatic rings. The van der Waals surface area contributed by atoms with Crippen LogP contribution < -0.4 is 11.1 Å². The first kappa shape index (κ1) is 10.5. The van der Waals surface area contributed by atoms with E-state index in [1.54, 1.807) is 22.9 Å². The third kappa shape index (κ3) is 1.86. The summed E-state index contributed by atoms with van der Waals surface area (Å²) in [7, 11) is 1.93. The SMILES string of the molecule is CNC(Cn1c(=O)oc2cccnc21)C1CC1. The van der Waals surface area contributed by atoms with Crippen molar-refractivity contribution in [1.29, 1.82) is 0 Å². The summed E-state index contributed by atoms with van der Waals surface area (Å²) in [5.41, 5.74) is 1.20. The minimum absolute atomic E-state index is 0.320. The van der Waals surface area contributed by atoms with E-state index in [4.69, 9.17) is 4.42 Å². The molecule has 1 N–H and O–H groups in total. The topological polar surface area (TPSA) is 60.1 Å². The number of hydrogen-bond donors (Lipinski definition) is 1. The van der Waals surface area contributed by atoms with Gasteiger partial charge in [-0.2, -0.15) is 0 Å². The molecular formula is C12H15N3O2. The van der Waals surface area contributed by atoms with Gasteiger partial charge in [0.15, 0.2) is 11.2 Å². The second kappa shape index (κ2) is 4.00. The molecule has 0 aliphatic heterocycles. The van der Waals surface area contributed by atoms with E-state index < -0.39 is 0 Å². The number of aromatic nitrogens is 2. The molecule has 1 fully saturated rings. The molecule has 2 heterocycles. The summed E-state index contributed by atoms with van der Waals surface area (Å²) in [6.45, 7) is 0.629. The predicted molar refractivity (Wildman–Crippen MR) is 63.8 cm³/mol. The van der Waals surface area contributed by atoms with Crippen molar-refractivity contribution in [2.75, 3.05) is 7.05 Å². The van der Waals surface area contributed by atoms with Gasteiger partial charge in [-0.1, -0.05) is 0 Å². The molecule has 0 radical (unpaired) electrons. The van der Waals surface area contributed by atoms with Crippen LogP contribution in [0.4, 0.5) is 0 Å². The van der Waals surface area contributed by atoms with Crippen LogP contribution >= 0.6 is 0 Å². The van der Waals surface area contributed by atoms with Crippen LogP contribution in [-0.2, 0) is 6.54 Å². The van der Waals surface area contributed by atoms with Crippen molar-refractivity contribution < 1.29 is 4.42 Å². The smallest absolute Gasteiger partial charge is 0.406 e. The first-order valence-electron chi connectivity index (χ1n) is 5.91. The molecule has 0 spiro atoms. The molecule has 1 saturated carbocycles. The summed E-state index contributed by atoms with van der Waals surface area (Å²) in [4.78, 5) is 16.0. The molecular weight excluding hydrogens is 218 g/mol. The van der Waals surface area contributed by atoms with Crippen molar-refractivity contribution in [3.63, 3.8) is 0 Å². The van der Waals surface area contributed by atoms with Gasteiger partial charge >= 0.3 is 5.76 Å². The first-order chi connectivity index (χ1) is 8.29. The van der Waals surface area contributed by atoms with E-state index in [9.17, 15) is 4.79 Å². The molecule has 1 aliphatic rings. The number of likely N-dealkylation sites (N-methyl/N-ethyl adjacent to an activating group) is 1. The van der Waals surface area contributed by atoms with Crippen LogP contribution in [0.15, 0.2) is 27.5 Å². The Kier molecular flexibility index (Phi) is 2.48. The fourth-order valence-electron chi connectivity index (χ4n) is 2.23. The largest absolute Gasteiger partial charge is 0.421 e. The van der Waals surface area contributed by atoms with Gasteiger partial charge in [0.05, 0.1) is 0 Å². The van der Waals surface area contributed by atoms with Crippen molar-refractivity contribution in [2.24, 2.45) is 5.92 Å². The molecule has 0 amide bonds. The lowest BCUT2D eigenvalue weighted by molar-refractivity contribution is 0.410. The molecule has 0 saturated heterocycles. The lowest BCUT2D eigenvalue weighted by Crippen LogP contribution is -2.35. The number of oxazole rings is 1. The molecule has 90 valence electrons. The monoisotopic (exact) mass is 233 g/mol. The molecule has 0 aromatic carbocycles. The van der Waals surface area contributed by atoms with Gasteiger partial charge in [0.1, 0.15) is 0 Å². The zero-order valence-electron chi connectivity index (χ0n) is 9.72. The maximum Gasteiger partial charge on any atom is 0.421 e. The number of nitrogens with one attached hydrogen (secondary N) is 1. The fourth-order valence-corrected chi connectivity index (χ4v) is 2.23. The Morgan fingerprint density at radius 2 is 2.47 bits per heavy atom. The van der Waals surface area contributed by atoms with E-state index in [0.29, 0.717) is 29.7 Å². The van der Waals surface area contributed by atoms with Crippen LogP contribution in [0.3, 0.4) is 0 Å². The van der Waals surface area contributed by atoms with Crippen LogP contribution in [0.5, 0.6) is 0 Å². The van der Waals surface area contributed by atoms with Crippen molar-refractivity contribution in [1.82, 2.24) is 14.9 Å². The number of pyridine rings is 1. The van der Waals surface area contributed by atoms with Gasteiger partial charge in [0.2, 0.25) is 0 Å². The van der Waals surface area contributed by atoms with Crippen molar-refractivity contribution >= 4 is 11.2 Å². The van der Waals surface area contributed by atoms with Crippen LogP contribution in [0.25, 0.3) is 11.2 Å². The van der Waals surface area contributed by atoms with Crippen molar-refractivity contribution in [3.05, 3.63) is 28.9 Å². The summed E-state index contributed by atoms with van der Waals surface area (Å²) in [5.74, 6) is 0.361. The number of nitrogens with zero attached hydrogens (tertiary/aromatic N) is 2. The van der Waals surface area contributed by atoms with E-state index in [2.05, 4.69) is 10.3 Å². The molecule has 0 bridgehead atoms. The molecule has 2 aromatic heterocycles. The molecule has 1 unspecified atom stereocenters. The van der Waals surface area contributed by atoms with E-state index in [1.165, 1.54) is 12.8 Å². The third-order valence-electron chi connectivity index (χ3n) is 3.37. The highest BCUT2D eigenvalue weighted by atomic mass is 16.4. The Bertz CT molecular complexity index is 583. The second-order valence-corrected chi connectivity index (χ2v) is 4.54. The molecule has 1 atom stereocenters. The molecule has 5 nitrogen and oxygen atoms in total. The number of fused-ring (bicyclic) bond motifs is 1. The van der Waals surface area contributed by atoms with Crippen LogP contribution in [0.1, 0.15) is 12.8 Å². The highest BCUT2D eigenvalue weighted by Gasteiger charge is 2.31. The molecule has 17 heavy (non-hydrogen) atoms. The molecule has 3 rings (SSSR count). The summed E-state index contributed by atoms with van der Waals surface area (Å²) in [5, 5.41) is 3.27. The Morgan fingerprint density at radius 3 is 3.18 bits per heavy atom. The summed E-state index contributed by atoms with van der Waals surface area (Å²) >= 11 is 0. The van der Waals surface area contributed by atoms with Crippen LogP contribution in [0.2, 0.25) is 0 Å².